The molecule has 0 saturated heterocycles. The number of carbonyl (C=O) groups is 1. The van der Waals surface area contributed by atoms with Gasteiger partial charge in [-0.15, -0.1) is 0 Å². The Morgan fingerprint density at radius 3 is 2.24 bits per heavy atom. The van der Waals surface area contributed by atoms with Crippen molar-refractivity contribution in [3.05, 3.63) is 72.6 Å². The molecule has 0 aliphatic heterocycles. The Labute approximate surface area is 143 Å². The van der Waals surface area contributed by atoms with Crippen LogP contribution in [-0.2, 0) is 10.0 Å². The van der Waals surface area contributed by atoms with Crippen LogP contribution >= 0.6 is 0 Å². The SMILES string of the molecule is NS(=O)(=O)c1cc(C(=O)O)cc(-n2cccc2)c1Oc1ccccc1. The minimum absolute atomic E-state index is 0.0464. The Balaban J connectivity index is 2.30. The second-order valence-electron chi connectivity index (χ2n) is 5.18. The summed E-state index contributed by atoms with van der Waals surface area (Å²) in [5.74, 6) is -0.927. The summed E-state index contributed by atoms with van der Waals surface area (Å²) in [6, 6.07) is 14.3. The van der Waals surface area contributed by atoms with E-state index in [1.807, 2.05) is 0 Å². The lowest BCUT2D eigenvalue weighted by molar-refractivity contribution is 0.0696. The van der Waals surface area contributed by atoms with E-state index in [2.05, 4.69) is 0 Å². The van der Waals surface area contributed by atoms with Crippen molar-refractivity contribution >= 4 is 16.0 Å². The van der Waals surface area contributed by atoms with Gasteiger partial charge < -0.3 is 14.4 Å². The van der Waals surface area contributed by atoms with Crippen molar-refractivity contribution < 1.29 is 23.1 Å². The average molecular weight is 358 g/mol. The van der Waals surface area contributed by atoms with E-state index in [4.69, 9.17) is 9.88 Å². The first kappa shape index (κ1) is 16.7. The fourth-order valence-corrected chi connectivity index (χ4v) is 3.01. The second kappa shape index (κ2) is 6.42. The molecule has 0 amide bonds. The van der Waals surface area contributed by atoms with Crippen LogP contribution in [0.2, 0.25) is 0 Å². The van der Waals surface area contributed by atoms with Crippen molar-refractivity contribution in [2.75, 3.05) is 0 Å². The third-order valence-electron chi connectivity index (χ3n) is 3.43. The minimum Gasteiger partial charge on any atom is -0.478 e. The van der Waals surface area contributed by atoms with Gasteiger partial charge in [-0.3, -0.25) is 0 Å². The predicted molar refractivity (Wildman–Crippen MR) is 90.6 cm³/mol. The van der Waals surface area contributed by atoms with Gasteiger partial charge in [-0.1, -0.05) is 18.2 Å². The highest BCUT2D eigenvalue weighted by Crippen LogP contribution is 2.35. The number of primary sulfonamides is 1. The first-order valence-electron chi connectivity index (χ1n) is 7.16. The van der Waals surface area contributed by atoms with Gasteiger partial charge >= 0.3 is 5.97 Å². The molecule has 1 heterocycles. The molecule has 1 aromatic heterocycles. The molecule has 128 valence electrons. The summed E-state index contributed by atoms with van der Waals surface area (Å²) in [6.07, 6.45) is 3.29. The fourth-order valence-electron chi connectivity index (χ4n) is 2.32. The molecule has 0 fully saturated rings. The number of nitrogens with zero attached hydrogens (tertiary/aromatic N) is 1. The second-order valence-corrected chi connectivity index (χ2v) is 6.71. The van der Waals surface area contributed by atoms with Crippen LogP contribution < -0.4 is 9.88 Å². The smallest absolute Gasteiger partial charge is 0.335 e. The molecule has 0 radical (unpaired) electrons. The summed E-state index contributed by atoms with van der Waals surface area (Å²) in [6.45, 7) is 0. The monoisotopic (exact) mass is 358 g/mol. The molecule has 8 heteroatoms. The highest BCUT2D eigenvalue weighted by atomic mass is 32.2. The van der Waals surface area contributed by atoms with Crippen molar-refractivity contribution in [1.82, 2.24) is 4.57 Å². The Morgan fingerprint density at radius 1 is 1.04 bits per heavy atom. The number of ether oxygens (including phenoxy) is 1. The lowest BCUT2D eigenvalue weighted by Crippen LogP contribution is -2.16. The number of carboxylic acid groups (broad SMARTS) is 1. The Bertz CT molecular complexity index is 1010. The van der Waals surface area contributed by atoms with Crippen LogP contribution in [-0.4, -0.2) is 24.1 Å². The topological polar surface area (TPSA) is 112 Å². The van der Waals surface area contributed by atoms with Crippen LogP contribution in [0.5, 0.6) is 11.5 Å². The highest BCUT2D eigenvalue weighted by molar-refractivity contribution is 7.89. The van der Waals surface area contributed by atoms with Gasteiger partial charge in [-0.05, 0) is 36.4 Å². The Hall–Kier alpha value is -3.10. The Kier molecular flexibility index (Phi) is 4.30. The van der Waals surface area contributed by atoms with Gasteiger partial charge in [0.15, 0.2) is 5.75 Å². The van der Waals surface area contributed by atoms with E-state index < -0.39 is 20.9 Å². The summed E-state index contributed by atoms with van der Waals surface area (Å²) in [5.41, 5.74) is 0.0333. The molecule has 0 aliphatic rings. The van der Waals surface area contributed by atoms with Crippen LogP contribution in [0.3, 0.4) is 0 Å². The number of hydrogen-bond donors (Lipinski definition) is 2. The average Bonchev–Trinajstić information content (AvgIpc) is 3.09. The third-order valence-corrected chi connectivity index (χ3v) is 4.35. The summed E-state index contributed by atoms with van der Waals surface area (Å²) in [7, 11) is -4.22. The molecule has 0 saturated carbocycles. The number of carboxylic acids is 1. The van der Waals surface area contributed by atoms with Crippen molar-refractivity contribution in [3.63, 3.8) is 0 Å². The van der Waals surface area contributed by atoms with E-state index in [-0.39, 0.29) is 17.0 Å². The molecular formula is C17H14N2O5S. The number of benzene rings is 2. The first-order chi connectivity index (χ1) is 11.9. The van der Waals surface area contributed by atoms with E-state index >= 15 is 0 Å². The zero-order valence-corrected chi connectivity index (χ0v) is 13.7. The van der Waals surface area contributed by atoms with E-state index in [1.165, 1.54) is 6.07 Å². The van der Waals surface area contributed by atoms with Crippen LogP contribution in [0.4, 0.5) is 0 Å². The molecule has 0 bridgehead atoms. The van der Waals surface area contributed by atoms with Gasteiger partial charge in [-0.2, -0.15) is 0 Å². The van der Waals surface area contributed by atoms with Crippen molar-refractivity contribution in [3.8, 4) is 17.2 Å². The van der Waals surface area contributed by atoms with Gasteiger partial charge in [0, 0.05) is 12.4 Å². The van der Waals surface area contributed by atoms with E-state index in [0.717, 1.165) is 6.07 Å². The van der Waals surface area contributed by atoms with Crippen molar-refractivity contribution in [2.45, 2.75) is 4.90 Å². The standard InChI is InChI=1S/C17H14N2O5S/c18-25(22,23)15-11-12(17(20)21)10-14(19-8-4-5-9-19)16(15)24-13-6-2-1-3-7-13/h1-11H,(H,20,21)(H2,18,22,23). The molecule has 3 aromatic rings. The van der Waals surface area contributed by atoms with E-state index in [1.54, 1.807) is 59.4 Å². The third kappa shape index (κ3) is 3.54. The fraction of sp³-hybridized carbons (Fsp3) is 0. The van der Waals surface area contributed by atoms with Gasteiger partial charge in [0.2, 0.25) is 10.0 Å². The maximum atomic E-state index is 12.0. The van der Waals surface area contributed by atoms with Crippen LogP contribution in [0.1, 0.15) is 10.4 Å². The lowest BCUT2D eigenvalue weighted by atomic mass is 10.2. The number of rotatable bonds is 5. The van der Waals surface area contributed by atoms with Crippen LogP contribution in [0, 0.1) is 0 Å². The van der Waals surface area contributed by atoms with Gasteiger partial charge in [0.05, 0.1) is 11.3 Å². The summed E-state index contributed by atoms with van der Waals surface area (Å²) in [4.78, 5) is 11.0. The first-order valence-corrected chi connectivity index (χ1v) is 8.71. The quantitative estimate of drug-likeness (QED) is 0.728. The lowest BCUT2D eigenvalue weighted by Gasteiger charge is -2.16. The zero-order valence-electron chi connectivity index (χ0n) is 12.9. The predicted octanol–water partition coefficient (Wildman–Crippen LogP) is 2.62. The van der Waals surface area contributed by atoms with Crippen LogP contribution in [0.15, 0.2) is 71.9 Å². The largest absolute Gasteiger partial charge is 0.478 e. The number of aromatic nitrogens is 1. The van der Waals surface area contributed by atoms with Gasteiger partial charge in [0.1, 0.15) is 10.6 Å². The summed E-state index contributed by atoms with van der Waals surface area (Å²) < 4.78 is 31.4. The molecule has 3 rings (SSSR count). The molecule has 0 unspecified atom stereocenters. The number of nitrogens with two attached hydrogens (primary N) is 1. The summed E-state index contributed by atoms with van der Waals surface area (Å²) in [5, 5.41) is 14.6. The molecule has 0 atom stereocenters. The number of aromatic carboxylic acids is 1. The molecule has 3 N–H and O–H groups in total. The van der Waals surface area contributed by atoms with E-state index in [0.29, 0.717) is 5.75 Å². The highest BCUT2D eigenvalue weighted by Gasteiger charge is 2.24. The van der Waals surface area contributed by atoms with Crippen molar-refractivity contribution in [2.24, 2.45) is 5.14 Å². The maximum Gasteiger partial charge on any atom is 0.335 e. The zero-order chi connectivity index (χ0) is 18.0. The van der Waals surface area contributed by atoms with Crippen LogP contribution in [0.25, 0.3) is 5.69 Å². The maximum absolute atomic E-state index is 12.0. The van der Waals surface area contributed by atoms with Gasteiger partial charge in [-0.25, -0.2) is 18.4 Å². The Morgan fingerprint density at radius 2 is 1.68 bits per heavy atom. The normalized spacial score (nSPS) is 11.2. The molecule has 0 spiro atoms. The summed E-state index contributed by atoms with van der Waals surface area (Å²) >= 11 is 0. The van der Waals surface area contributed by atoms with E-state index in [9.17, 15) is 18.3 Å². The molecule has 0 aliphatic carbocycles. The molecule has 2 aromatic carbocycles. The molecular weight excluding hydrogens is 344 g/mol. The van der Waals surface area contributed by atoms with Crippen molar-refractivity contribution in [1.29, 1.82) is 0 Å². The van der Waals surface area contributed by atoms with Gasteiger partial charge in [0.25, 0.3) is 0 Å². The minimum atomic E-state index is -4.22. The number of sulfonamides is 1. The molecule has 25 heavy (non-hydrogen) atoms. The number of hydrogen-bond acceptors (Lipinski definition) is 4. The number of para-hydroxylation sites is 1. The molecule has 7 nitrogen and oxygen atoms in total.